The molecule has 0 saturated carbocycles. The highest BCUT2D eigenvalue weighted by molar-refractivity contribution is 6.03. The Hall–Kier alpha value is -2.25. The number of rotatable bonds is 7. The van der Waals surface area contributed by atoms with Crippen molar-refractivity contribution in [2.45, 2.75) is 31.3 Å². The number of carbonyl (C=O) groups is 3. The van der Waals surface area contributed by atoms with E-state index in [1.165, 1.54) is 6.07 Å². The first-order chi connectivity index (χ1) is 9.75. The maximum atomic E-state index is 12.2. The van der Waals surface area contributed by atoms with Crippen LogP contribution in [-0.4, -0.2) is 40.0 Å². The topological polar surface area (TPSA) is 144 Å². The first kappa shape index (κ1) is 16.8. The third-order valence-corrected chi connectivity index (χ3v) is 3.27. The predicted octanol–water partition coefficient (Wildman–Crippen LogP) is 0.187. The normalized spacial score (nSPS) is 15.0. The van der Waals surface area contributed by atoms with Gasteiger partial charge >= 0.3 is 11.9 Å². The summed E-state index contributed by atoms with van der Waals surface area (Å²) < 4.78 is 0. The fraction of sp³-hybridized carbons (Fsp3) is 0.357. The van der Waals surface area contributed by atoms with E-state index in [1.54, 1.807) is 25.1 Å². The predicted molar refractivity (Wildman–Crippen MR) is 75.0 cm³/mol. The van der Waals surface area contributed by atoms with Crippen LogP contribution in [-0.2, 0) is 9.59 Å². The summed E-state index contributed by atoms with van der Waals surface area (Å²) in [5.74, 6) is -3.51. The average molecular weight is 294 g/mol. The van der Waals surface area contributed by atoms with Gasteiger partial charge in [0.25, 0.3) is 0 Å². The Kier molecular flexibility index (Phi) is 5.57. The molecule has 0 heterocycles. The fourth-order valence-corrected chi connectivity index (χ4v) is 2.01. The maximum absolute atomic E-state index is 12.2. The molecule has 0 saturated heterocycles. The lowest BCUT2D eigenvalue weighted by molar-refractivity contribution is -0.139. The molecule has 21 heavy (non-hydrogen) atoms. The Bertz CT molecular complexity index is 558. The van der Waals surface area contributed by atoms with Crippen molar-refractivity contribution in [1.29, 1.82) is 0 Å². The van der Waals surface area contributed by atoms with Crippen LogP contribution >= 0.6 is 0 Å². The summed E-state index contributed by atoms with van der Waals surface area (Å²) in [6.07, 6.45) is -0.494. The first-order valence-corrected chi connectivity index (χ1v) is 6.34. The quantitative estimate of drug-likeness (QED) is 0.525. The lowest BCUT2D eigenvalue weighted by Crippen LogP contribution is -2.37. The minimum Gasteiger partial charge on any atom is -0.481 e. The molecule has 0 aliphatic rings. The van der Waals surface area contributed by atoms with Crippen LogP contribution in [0.3, 0.4) is 0 Å². The summed E-state index contributed by atoms with van der Waals surface area (Å²) in [6.45, 7) is 1.59. The number of carboxylic acid groups (broad SMARTS) is 2. The smallest absolute Gasteiger partial charge is 0.321 e. The molecule has 0 aromatic heterocycles. The molecule has 0 radical (unpaired) electrons. The van der Waals surface area contributed by atoms with Crippen LogP contribution in [0.1, 0.15) is 35.2 Å². The van der Waals surface area contributed by atoms with Gasteiger partial charge in [-0.15, -0.1) is 0 Å². The molecule has 1 aromatic carbocycles. The fourth-order valence-electron chi connectivity index (χ4n) is 2.01. The maximum Gasteiger partial charge on any atom is 0.321 e. The van der Waals surface area contributed by atoms with E-state index in [9.17, 15) is 14.4 Å². The number of aliphatic carboxylic acids is 2. The zero-order valence-electron chi connectivity index (χ0n) is 11.5. The van der Waals surface area contributed by atoms with Gasteiger partial charge in [-0.05, 0) is 5.56 Å². The number of nitrogens with two attached hydrogens (primary N) is 2. The molecule has 0 aliphatic carbocycles. The van der Waals surface area contributed by atoms with Gasteiger partial charge in [0, 0.05) is 11.5 Å². The largest absolute Gasteiger partial charge is 0.481 e. The molecule has 1 unspecified atom stereocenters. The van der Waals surface area contributed by atoms with E-state index in [0.717, 1.165) is 0 Å². The number of carbonyl (C=O) groups excluding carboxylic acids is 1. The Morgan fingerprint density at radius 3 is 2.24 bits per heavy atom. The van der Waals surface area contributed by atoms with E-state index < -0.39 is 42.1 Å². The van der Waals surface area contributed by atoms with Crippen LogP contribution in [0.5, 0.6) is 0 Å². The lowest BCUT2D eigenvalue weighted by atomic mass is 9.87. The number of carboxylic acids is 2. The van der Waals surface area contributed by atoms with Crippen LogP contribution in [0.2, 0.25) is 0 Å². The molecule has 0 aliphatic heterocycles. The molecule has 114 valence electrons. The van der Waals surface area contributed by atoms with Crippen LogP contribution in [0, 0.1) is 0 Å². The van der Waals surface area contributed by atoms with Crippen LogP contribution < -0.4 is 11.5 Å². The second kappa shape index (κ2) is 6.96. The van der Waals surface area contributed by atoms with E-state index in [4.69, 9.17) is 21.7 Å². The molecule has 3 atom stereocenters. The number of ketones is 1. The van der Waals surface area contributed by atoms with Gasteiger partial charge in [0.15, 0.2) is 5.78 Å². The zero-order valence-corrected chi connectivity index (χ0v) is 11.5. The Labute approximate surface area is 121 Å². The van der Waals surface area contributed by atoms with Gasteiger partial charge in [0.05, 0.1) is 12.5 Å². The monoisotopic (exact) mass is 294 g/mol. The van der Waals surface area contributed by atoms with Crippen molar-refractivity contribution in [2.24, 2.45) is 11.5 Å². The summed E-state index contributed by atoms with van der Waals surface area (Å²) in [6, 6.07) is 3.98. The Morgan fingerprint density at radius 1 is 1.14 bits per heavy atom. The highest BCUT2D eigenvalue weighted by Crippen LogP contribution is 2.23. The van der Waals surface area contributed by atoms with E-state index >= 15 is 0 Å². The van der Waals surface area contributed by atoms with E-state index in [0.29, 0.717) is 5.56 Å². The molecular weight excluding hydrogens is 276 g/mol. The van der Waals surface area contributed by atoms with Crippen LogP contribution in [0.4, 0.5) is 0 Å². The third kappa shape index (κ3) is 4.11. The lowest BCUT2D eigenvalue weighted by Gasteiger charge is -2.20. The SMILES string of the molecule is CC(c1ccccc1C(=O)[C@@H](N)CC(=O)O)[C@H](N)C(=O)O. The van der Waals surface area contributed by atoms with Crippen molar-refractivity contribution in [3.63, 3.8) is 0 Å². The number of hydrogen-bond acceptors (Lipinski definition) is 5. The average Bonchev–Trinajstić information content (AvgIpc) is 2.44. The molecule has 6 N–H and O–H groups in total. The molecule has 0 bridgehead atoms. The van der Waals surface area contributed by atoms with Gasteiger partial charge < -0.3 is 21.7 Å². The van der Waals surface area contributed by atoms with Crippen LogP contribution in [0.15, 0.2) is 24.3 Å². The summed E-state index contributed by atoms with van der Waals surface area (Å²) in [4.78, 5) is 33.8. The molecule has 1 aromatic rings. The van der Waals surface area contributed by atoms with Crippen molar-refractivity contribution in [1.82, 2.24) is 0 Å². The van der Waals surface area contributed by atoms with Gasteiger partial charge in [-0.2, -0.15) is 0 Å². The molecule has 0 spiro atoms. The van der Waals surface area contributed by atoms with Gasteiger partial charge in [0.2, 0.25) is 0 Å². The third-order valence-electron chi connectivity index (χ3n) is 3.27. The summed E-state index contributed by atoms with van der Waals surface area (Å²) >= 11 is 0. The summed E-state index contributed by atoms with van der Waals surface area (Å²) in [5.41, 5.74) is 11.8. The van der Waals surface area contributed by atoms with Crippen molar-refractivity contribution in [2.75, 3.05) is 0 Å². The van der Waals surface area contributed by atoms with E-state index in [2.05, 4.69) is 0 Å². The van der Waals surface area contributed by atoms with Crippen molar-refractivity contribution < 1.29 is 24.6 Å². The van der Waals surface area contributed by atoms with Gasteiger partial charge in [-0.25, -0.2) is 0 Å². The number of hydrogen-bond donors (Lipinski definition) is 4. The summed E-state index contributed by atoms with van der Waals surface area (Å²) in [7, 11) is 0. The highest BCUT2D eigenvalue weighted by Gasteiger charge is 2.27. The highest BCUT2D eigenvalue weighted by atomic mass is 16.4. The Morgan fingerprint density at radius 2 is 1.71 bits per heavy atom. The standard InChI is InChI=1S/C14H18N2O5/c1-7(12(16)14(20)21)8-4-2-3-5-9(8)13(19)10(15)6-11(17)18/h2-5,7,10,12H,6,15-16H2,1H3,(H,17,18)(H,20,21)/t7?,10-,12-/m0/s1. The molecule has 0 amide bonds. The second-order valence-corrected chi connectivity index (χ2v) is 4.81. The van der Waals surface area contributed by atoms with Crippen molar-refractivity contribution >= 4 is 17.7 Å². The van der Waals surface area contributed by atoms with Crippen LogP contribution in [0.25, 0.3) is 0 Å². The van der Waals surface area contributed by atoms with E-state index in [1.807, 2.05) is 0 Å². The van der Waals surface area contributed by atoms with Gasteiger partial charge in [-0.1, -0.05) is 31.2 Å². The Balaban J connectivity index is 3.12. The number of benzene rings is 1. The molecule has 7 heteroatoms. The van der Waals surface area contributed by atoms with Crippen molar-refractivity contribution in [3.05, 3.63) is 35.4 Å². The molecule has 0 fully saturated rings. The number of Topliss-reactive ketones (excluding diaryl/α,β-unsaturated/α-hetero) is 1. The molecular formula is C14H18N2O5. The second-order valence-electron chi connectivity index (χ2n) is 4.81. The summed E-state index contributed by atoms with van der Waals surface area (Å²) in [5, 5.41) is 17.6. The van der Waals surface area contributed by atoms with E-state index in [-0.39, 0.29) is 5.56 Å². The van der Waals surface area contributed by atoms with Gasteiger partial charge in [0.1, 0.15) is 6.04 Å². The van der Waals surface area contributed by atoms with Gasteiger partial charge in [-0.3, -0.25) is 14.4 Å². The molecule has 1 rings (SSSR count). The van der Waals surface area contributed by atoms with Crippen molar-refractivity contribution in [3.8, 4) is 0 Å². The zero-order chi connectivity index (χ0) is 16.2. The first-order valence-electron chi connectivity index (χ1n) is 6.34. The minimum atomic E-state index is -1.18. The minimum absolute atomic E-state index is 0.204. The molecule has 7 nitrogen and oxygen atoms in total.